The minimum atomic E-state index is -0.294. The number of nitrogens with one attached hydrogen (secondary N) is 2. The Morgan fingerprint density at radius 3 is 2.43 bits per heavy atom. The number of nitrogen functional groups attached to an aromatic ring is 1. The van der Waals surface area contributed by atoms with Gasteiger partial charge in [0.25, 0.3) is 0 Å². The van der Waals surface area contributed by atoms with Gasteiger partial charge in [0.1, 0.15) is 17.5 Å². The summed E-state index contributed by atoms with van der Waals surface area (Å²) < 4.78 is 26.8. The maximum absolute atomic E-state index is 13.8. The highest BCUT2D eigenvalue weighted by molar-refractivity contribution is 5.65. The van der Waals surface area contributed by atoms with Gasteiger partial charge in [-0.15, -0.1) is 0 Å². The molecule has 0 spiro atoms. The summed E-state index contributed by atoms with van der Waals surface area (Å²) in [6.07, 6.45) is 0.518. The molecule has 2 aromatic carbocycles. The molecule has 0 aliphatic heterocycles. The van der Waals surface area contributed by atoms with Gasteiger partial charge < -0.3 is 16.0 Å². The summed E-state index contributed by atoms with van der Waals surface area (Å²) in [4.78, 5) is 3.09. The lowest BCUT2D eigenvalue weighted by Crippen LogP contribution is -1.96. The number of H-pyrrole nitrogens is 1. The molecule has 3 aromatic rings. The largest absolute Gasteiger partial charge is 0.386 e. The lowest BCUT2D eigenvalue weighted by Gasteiger charge is -2.05. The molecule has 118 valence electrons. The Bertz CT molecular complexity index is 823. The van der Waals surface area contributed by atoms with Crippen LogP contribution in [0, 0.1) is 11.6 Å². The summed E-state index contributed by atoms with van der Waals surface area (Å²) in [6.45, 7) is 0. The number of hydrogen-bond donors (Lipinski definition) is 3. The summed E-state index contributed by atoms with van der Waals surface area (Å²) in [5.41, 5.74) is 9.84. The van der Waals surface area contributed by atoms with Crippen molar-refractivity contribution >= 4 is 11.5 Å². The average molecular weight is 313 g/mol. The number of benzene rings is 2. The molecular formula is C18H17F2N3. The molecule has 3 rings (SSSR count). The smallest absolute Gasteiger partial charge is 0.146 e. The highest BCUT2D eigenvalue weighted by Gasteiger charge is 2.10. The van der Waals surface area contributed by atoms with Crippen LogP contribution in [0.5, 0.6) is 0 Å². The van der Waals surface area contributed by atoms with Gasteiger partial charge >= 0.3 is 0 Å². The summed E-state index contributed by atoms with van der Waals surface area (Å²) in [7, 11) is 1.68. The molecule has 0 unspecified atom stereocenters. The van der Waals surface area contributed by atoms with E-state index >= 15 is 0 Å². The standard InChI is InChI=1S/C18H17F2N3/c1-22-16-7-2-11(9-15(16)20)8-13-10-17(23-18(13)21)12-3-5-14(19)6-4-12/h2-7,9-10,22-23H,8,21H2,1H3. The Kier molecular flexibility index (Phi) is 4.02. The van der Waals surface area contributed by atoms with Crippen molar-refractivity contribution in [1.29, 1.82) is 0 Å². The molecule has 0 amide bonds. The van der Waals surface area contributed by atoms with Crippen molar-refractivity contribution in [1.82, 2.24) is 4.98 Å². The Hall–Kier alpha value is -2.82. The van der Waals surface area contributed by atoms with Gasteiger partial charge in [-0.25, -0.2) is 8.78 Å². The van der Waals surface area contributed by atoms with E-state index < -0.39 is 0 Å². The Morgan fingerprint density at radius 2 is 1.78 bits per heavy atom. The van der Waals surface area contributed by atoms with E-state index in [9.17, 15) is 8.78 Å². The van der Waals surface area contributed by atoms with Gasteiger partial charge in [0.05, 0.1) is 5.69 Å². The van der Waals surface area contributed by atoms with Gasteiger partial charge in [-0.3, -0.25) is 0 Å². The van der Waals surface area contributed by atoms with Crippen LogP contribution in [-0.4, -0.2) is 12.0 Å². The van der Waals surface area contributed by atoms with Crippen LogP contribution in [0.4, 0.5) is 20.3 Å². The van der Waals surface area contributed by atoms with Gasteiger partial charge in [0, 0.05) is 19.2 Å². The molecule has 0 bridgehead atoms. The number of nitrogens with two attached hydrogens (primary N) is 1. The lowest BCUT2D eigenvalue weighted by atomic mass is 10.0. The van der Waals surface area contributed by atoms with Crippen LogP contribution in [0.1, 0.15) is 11.1 Å². The van der Waals surface area contributed by atoms with Crippen LogP contribution in [0.25, 0.3) is 11.3 Å². The summed E-state index contributed by atoms with van der Waals surface area (Å²) in [6, 6.07) is 13.1. The summed E-state index contributed by atoms with van der Waals surface area (Å²) >= 11 is 0. The Morgan fingerprint density at radius 1 is 1.04 bits per heavy atom. The second kappa shape index (κ2) is 6.12. The van der Waals surface area contributed by atoms with Crippen LogP contribution < -0.4 is 11.1 Å². The number of aromatic nitrogens is 1. The van der Waals surface area contributed by atoms with E-state index in [4.69, 9.17) is 5.73 Å². The van der Waals surface area contributed by atoms with Crippen LogP contribution in [0.2, 0.25) is 0 Å². The van der Waals surface area contributed by atoms with Crippen molar-refractivity contribution in [2.45, 2.75) is 6.42 Å². The highest BCUT2D eigenvalue weighted by atomic mass is 19.1. The molecule has 0 radical (unpaired) electrons. The molecule has 3 nitrogen and oxygen atoms in total. The van der Waals surface area contributed by atoms with Gasteiger partial charge in [0.2, 0.25) is 0 Å². The third-order valence-electron chi connectivity index (χ3n) is 3.79. The van der Waals surface area contributed by atoms with Gasteiger partial charge in [0.15, 0.2) is 0 Å². The first-order valence-corrected chi connectivity index (χ1v) is 7.26. The Balaban J connectivity index is 1.86. The molecule has 0 saturated carbocycles. The van der Waals surface area contributed by atoms with Crippen molar-refractivity contribution < 1.29 is 8.78 Å². The molecule has 0 saturated heterocycles. The van der Waals surface area contributed by atoms with Crippen molar-refractivity contribution in [3.8, 4) is 11.3 Å². The number of hydrogen-bond acceptors (Lipinski definition) is 2. The molecule has 0 atom stereocenters. The molecule has 5 heteroatoms. The van der Waals surface area contributed by atoms with Gasteiger partial charge in [-0.05, 0) is 59.2 Å². The predicted octanol–water partition coefficient (Wildman–Crippen LogP) is 4.17. The minimum absolute atomic E-state index is 0.284. The number of aromatic amines is 1. The zero-order chi connectivity index (χ0) is 16.4. The van der Waals surface area contributed by atoms with Crippen molar-refractivity contribution in [2.24, 2.45) is 0 Å². The summed E-state index contributed by atoms with van der Waals surface area (Å²) in [5.74, 6) is -0.0473. The molecule has 1 heterocycles. The van der Waals surface area contributed by atoms with E-state index in [2.05, 4.69) is 10.3 Å². The maximum Gasteiger partial charge on any atom is 0.146 e. The van der Waals surface area contributed by atoms with E-state index in [0.717, 1.165) is 22.4 Å². The molecular weight excluding hydrogens is 296 g/mol. The molecule has 4 N–H and O–H groups in total. The zero-order valence-corrected chi connectivity index (χ0v) is 12.7. The first kappa shape index (κ1) is 15.1. The fraction of sp³-hybridized carbons (Fsp3) is 0.111. The molecule has 0 aliphatic rings. The number of anilines is 2. The van der Waals surface area contributed by atoms with Gasteiger partial charge in [-0.2, -0.15) is 0 Å². The topological polar surface area (TPSA) is 53.8 Å². The quantitative estimate of drug-likeness (QED) is 0.677. The zero-order valence-electron chi connectivity index (χ0n) is 12.7. The van der Waals surface area contributed by atoms with Crippen LogP contribution in [0.15, 0.2) is 48.5 Å². The van der Waals surface area contributed by atoms with Crippen LogP contribution in [-0.2, 0) is 6.42 Å². The molecule has 23 heavy (non-hydrogen) atoms. The van der Waals surface area contributed by atoms with Crippen LogP contribution in [0.3, 0.4) is 0 Å². The fourth-order valence-electron chi connectivity index (χ4n) is 2.54. The molecule has 1 aromatic heterocycles. The van der Waals surface area contributed by atoms with Gasteiger partial charge in [-0.1, -0.05) is 6.07 Å². The normalized spacial score (nSPS) is 10.7. The minimum Gasteiger partial charge on any atom is -0.386 e. The third kappa shape index (κ3) is 3.18. The lowest BCUT2D eigenvalue weighted by molar-refractivity contribution is 0.628. The van der Waals surface area contributed by atoms with Crippen LogP contribution >= 0.6 is 0 Å². The fourth-order valence-corrected chi connectivity index (χ4v) is 2.54. The van der Waals surface area contributed by atoms with E-state index in [1.807, 2.05) is 12.1 Å². The first-order valence-electron chi connectivity index (χ1n) is 7.26. The highest BCUT2D eigenvalue weighted by Crippen LogP contribution is 2.26. The van der Waals surface area contributed by atoms with Crippen molar-refractivity contribution in [2.75, 3.05) is 18.1 Å². The number of rotatable bonds is 4. The van der Waals surface area contributed by atoms with Crippen molar-refractivity contribution in [3.05, 3.63) is 71.3 Å². The van der Waals surface area contributed by atoms with E-state index in [-0.39, 0.29) is 11.6 Å². The average Bonchev–Trinajstić information content (AvgIpc) is 2.89. The molecule has 0 fully saturated rings. The van der Waals surface area contributed by atoms with E-state index in [1.54, 1.807) is 25.2 Å². The second-order valence-corrected chi connectivity index (χ2v) is 5.37. The SMILES string of the molecule is CNc1ccc(Cc2cc(-c3ccc(F)cc3)[nH]c2N)cc1F. The van der Waals surface area contributed by atoms with E-state index in [1.165, 1.54) is 18.2 Å². The number of halogens is 2. The second-order valence-electron chi connectivity index (χ2n) is 5.37. The van der Waals surface area contributed by atoms with E-state index in [0.29, 0.717) is 17.9 Å². The third-order valence-corrected chi connectivity index (χ3v) is 3.79. The Labute approximate surface area is 133 Å². The molecule has 0 aliphatic carbocycles. The first-order chi connectivity index (χ1) is 11.1. The van der Waals surface area contributed by atoms with Crippen molar-refractivity contribution in [3.63, 3.8) is 0 Å². The monoisotopic (exact) mass is 313 g/mol. The summed E-state index contributed by atoms with van der Waals surface area (Å²) in [5, 5.41) is 2.79. The predicted molar refractivity (Wildman–Crippen MR) is 89.4 cm³/mol. The maximum atomic E-state index is 13.8.